The lowest BCUT2D eigenvalue weighted by Gasteiger charge is -2.05. The van der Waals surface area contributed by atoms with E-state index in [2.05, 4.69) is 4.74 Å². The average molecular weight is 242 g/mol. The van der Waals surface area contributed by atoms with E-state index in [9.17, 15) is 18.4 Å². The summed E-state index contributed by atoms with van der Waals surface area (Å²) in [6, 6.07) is 2.09. The third-order valence-corrected chi connectivity index (χ3v) is 2.08. The summed E-state index contributed by atoms with van der Waals surface area (Å²) >= 11 is 0. The molecular formula is C12H12F2O3. The van der Waals surface area contributed by atoms with Crippen LogP contribution < -0.4 is 0 Å². The molecule has 92 valence electrons. The standard InChI is InChI=1S/C12H12F2O3/c1-3-17-11(16)6-10(15)12-8(13)4-7(2)5-9(12)14/h4-5H,3,6H2,1-2H3. The number of hydrogen-bond acceptors (Lipinski definition) is 3. The second-order valence-corrected chi connectivity index (χ2v) is 3.51. The van der Waals surface area contributed by atoms with Gasteiger partial charge in [0.2, 0.25) is 0 Å². The summed E-state index contributed by atoms with van der Waals surface area (Å²) in [7, 11) is 0. The van der Waals surface area contributed by atoms with Gasteiger partial charge >= 0.3 is 5.97 Å². The molecule has 0 N–H and O–H groups in total. The van der Waals surface area contributed by atoms with E-state index in [0.717, 1.165) is 12.1 Å². The lowest BCUT2D eigenvalue weighted by molar-refractivity contribution is -0.141. The summed E-state index contributed by atoms with van der Waals surface area (Å²) in [6.45, 7) is 3.20. The highest BCUT2D eigenvalue weighted by atomic mass is 19.1. The van der Waals surface area contributed by atoms with Gasteiger partial charge in [0, 0.05) is 0 Å². The molecule has 0 aliphatic heterocycles. The monoisotopic (exact) mass is 242 g/mol. The highest BCUT2D eigenvalue weighted by molar-refractivity contribution is 6.06. The summed E-state index contributed by atoms with van der Waals surface area (Å²) < 4.78 is 31.3. The van der Waals surface area contributed by atoms with Crippen molar-refractivity contribution in [1.82, 2.24) is 0 Å². The predicted molar refractivity (Wildman–Crippen MR) is 56.7 cm³/mol. The Labute approximate surface area is 97.4 Å². The van der Waals surface area contributed by atoms with E-state index in [4.69, 9.17) is 0 Å². The van der Waals surface area contributed by atoms with E-state index < -0.39 is 35.4 Å². The fourth-order valence-corrected chi connectivity index (χ4v) is 1.40. The number of halogens is 2. The third-order valence-electron chi connectivity index (χ3n) is 2.08. The van der Waals surface area contributed by atoms with Gasteiger partial charge in [-0.2, -0.15) is 0 Å². The first-order chi connectivity index (χ1) is 7.95. The summed E-state index contributed by atoms with van der Waals surface area (Å²) in [4.78, 5) is 22.5. The Morgan fingerprint density at radius 2 is 1.76 bits per heavy atom. The Bertz CT molecular complexity index is 432. The fraction of sp³-hybridized carbons (Fsp3) is 0.333. The number of rotatable bonds is 4. The van der Waals surface area contributed by atoms with Crippen molar-refractivity contribution in [1.29, 1.82) is 0 Å². The Kier molecular flexibility index (Phi) is 4.31. The number of hydrogen-bond donors (Lipinski definition) is 0. The molecule has 3 nitrogen and oxygen atoms in total. The van der Waals surface area contributed by atoms with Crippen molar-refractivity contribution in [2.75, 3.05) is 6.61 Å². The number of esters is 1. The average Bonchev–Trinajstić information content (AvgIpc) is 2.15. The molecule has 0 aliphatic carbocycles. The van der Waals surface area contributed by atoms with Gasteiger partial charge in [-0.05, 0) is 31.5 Å². The van der Waals surface area contributed by atoms with Gasteiger partial charge in [-0.1, -0.05) is 0 Å². The zero-order valence-corrected chi connectivity index (χ0v) is 9.55. The molecule has 0 radical (unpaired) electrons. The van der Waals surface area contributed by atoms with Gasteiger partial charge in [0.15, 0.2) is 5.78 Å². The van der Waals surface area contributed by atoms with Crippen LogP contribution in [0.25, 0.3) is 0 Å². The van der Waals surface area contributed by atoms with Crippen LogP contribution in [0.4, 0.5) is 8.78 Å². The second-order valence-electron chi connectivity index (χ2n) is 3.51. The maximum atomic E-state index is 13.4. The molecule has 0 saturated carbocycles. The van der Waals surface area contributed by atoms with E-state index in [1.807, 2.05) is 0 Å². The van der Waals surface area contributed by atoms with E-state index in [0.29, 0.717) is 5.56 Å². The molecule has 0 atom stereocenters. The molecule has 0 fully saturated rings. The SMILES string of the molecule is CCOC(=O)CC(=O)c1c(F)cc(C)cc1F. The number of ether oxygens (including phenoxy) is 1. The summed E-state index contributed by atoms with van der Waals surface area (Å²) in [5, 5.41) is 0. The predicted octanol–water partition coefficient (Wildman–Crippen LogP) is 2.41. The number of carbonyl (C=O) groups excluding carboxylic acids is 2. The minimum Gasteiger partial charge on any atom is -0.466 e. The molecule has 0 aliphatic rings. The topological polar surface area (TPSA) is 43.4 Å². The van der Waals surface area contributed by atoms with Crippen LogP contribution >= 0.6 is 0 Å². The van der Waals surface area contributed by atoms with Crippen molar-refractivity contribution in [3.8, 4) is 0 Å². The lowest BCUT2D eigenvalue weighted by Crippen LogP contribution is -2.14. The van der Waals surface area contributed by atoms with Crippen LogP contribution in [0.5, 0.6) is 0 Å². The molecule has 0 saturated heterocycles. The van der Waals surface area contributed by atoms with Crippen molar-refractivity contribution in [2.24, 2.45) is 0 Å². The number of carbonyl (C=O) groups is 2. The van der Waals surface area contributed by atoms with Crippen LogP contribution in [0.3, 0.4) is 0 Å². The largest absolute Gasteiger partial charge is 0.466 e. The van der Waals surface area contributed by atoms with Crippen molar-refractivity contribution in [2.45, 2.75) is 20.3 Å². The zero-order chi connectivity index (χ0) is 13.0. The first-order valence-corrected chi connectivity index (χ1v) is 5.10. The van der Waals surface area contributed by atoms with Gasteiger partial charge < -0.3 is 4.74 Å². The summed E-state index contributed by atoms with van der Waals surface area (Å²) in [5.41, 5.74) is -0.323. The van der Waals surface area contributed by atoms with Crippen LogP contribution in [-0.2, 0) is 9.53 Å². The van der Waals surface area contributed by atoms with E-state index >= 15 is 0 Å². The Morgan fingerprint density at radius 3 is 2.24 bits per heavy atom. The van der Waals surface area contributed by atoms with Crippen LogP contribution in [0.15, 0.2) is 12.1 Å². The fourth-order valence-electron chi connectivity index (χ4n) is 1.40. The van der Waals surface area contributed by atoms with Crippen LogP contribution in [0.1, 0.15) is 29.3 Å². The quantitative estimate of drug-likeness (QED) is 0.462. The minimum atomic E-state index is -0.961. The molecule has 0 bridgehead atoms. The maximum Gasteiger partial charge on any atom is 0.313 e. The van der Waals surface area contributed by atoms with E-state index in [-0.39, 0.29) is 6.61 Å². The molecule has 1 aromatic rings. The van der Waals surface area contributed by atoms with Crippen LogP contribution in [0, 0.1) is 18.6 Å². The highest BCUT2D eigenvalue weighted by Crippen LogP contribution is 2.17. The van der Waals surface area contributed by atoms with E-state index in [1.165, 1.54) is 6.92 Å². The Hall–Kier alpha value is -1.78. The molecule has 0 spiro atoms. The number of ketones is 1. The van der Waals surface area contributed by atoms with Crippen molar-refractivity contribution >= 4 is 11.8 Å². The molecule has 5 heteroatoms. The Balaban J connectivity index is 2.93. The van der Waals surface area contributed by atoms with Crippen LogP contribution in [-0.4, -0.2) is 18.4 Å². The minimum absolute atomic E-state index is 0.116. The molecule has 1 aromatic carbocycles. The van der Waals surface area contributed by atoms with Crippen LogP contribution in [0.2, 0.25) is 0 Å². The molecule has 0 unspecified atom stereocenters. The van der Waals surface area contributed by atoms with Gasteiger partial charge in [-0.3, -0.25) is 9.59 Å². The molecular weight excluding hydrogens is 230 g/mol. The normalized spacial score (nSPS) is 10.1. The number of aryl methyl sites for hydroxylation is 1. The van der Waals surface area contributed by atoms with E-state index in [1.54, 1.807) is 6.92 Å². The third kappa shape index (κ3) is 3.34. The van der Waals surface area contributed by atoms with Gasteiger partial charge in [0.1, 0.15) is 18.1 Å². The first-order valence-electron chi connectivity index (χ1n) is 5.10. The van der Waals surface area contributed by atoms with Gasteiger partial charge in [0.25, 0.3) is 0 Å². The molecule has 0 amide bonds. The van der Waals surface area contributed by atoms with Crippen molar-refractivity contribution in [3.05, 3.63) is 34.9 Å². The summed E-state index contributed by atoms with van der Waals surface area (Å²) in [6.07, 6.45) is -0.662. The smallest absolute Gasteiger partial charge is 0.313 e. The molecule has 0 heterocycles. The molecule has 1 rings (SSSR count). The maximum absolute atomic E-state index is 13.4. The van der Waals surface area contributed by atoms with Crippen molar-refractivity contribution in [3.63, 3.8) is 0 Å². The highest BCUT2D eigenvalue weighted by Gasteiger charge is 2.20. The molecule has 0 aromatic heterocycles. The second kappa shape index (κ2) is 5.52. The lowest BCUT2D eigenvalue weighted by atomic mass is 10.0. The number of Topliss-reactive ketones (excluding diaryl/α,β-unsaturated/α-hetero) is 1. The Morgan fingerprint density at radius 1 is 1.24 bits per heavy atom. The zero-order valence-electron chi connectivity index (χ0n) is 9.55. The van der Waals surface area contributed by atoms with Gasteiger partial charge in [0.05, 0.1) is 12.2 Å². The van der Waals surface area contributed by atoms with Gasteiger partial charge in [-0.15, -0.1) is 0 Å². The molecule has 17 heavy (non-hydrogen) atoms. The van der Waals surface area contributed by atoms with Gasteiger partial charge in [-0.25, -0.2) is 8.78 Å². The number of benzene rings is 1. The summed E-state index contributed by atoms with van der Waals surface area (Å²) in [5.74, 6) is -3.64. The first kappa shape index (κ1) is 13.3. The van der Waals surface area contributed by atoms with Crippen molar-refractivity contribution < 1.29 is 23.1 Å².